The molecule has 1 aliphatic carbocycles. The molecule has 4 N–H and O–H groups in total. The molecule has 1 unspecified atom stereocenters. The molecule has 4 rings (SSSR count). The quantitative estimate of drug-likeness (QED) is 0.320. The normalized spacial score (nSPS) is 14.8. The van der Waals surface area contributed by atoms with Crippen LogP contribution in [0.2, 0.25) is 0 Å². The number of fused-ring (bicyclic) bond motifs is 3. The molecular weight excluding hydrogens is 494 g/mol. The third-order valence-electron chi connectivity index (χ3n) is 5.63. The first-order valence-electron chi connectivity index (χ1n) is 10.7. The Morgan fingerprint density at radius 1 is 1.19 bits per heavy atom. The molecule has 3 aromatic rings. The van der Waals surface area contributed by atoms with Crippen LogP contribution in [0.25, 0.3) is 10.9 Å². The summed E-state index contributed by atoms with van der Waals surface area (Å²) < 4.78 is 31.9. The van der Waals surface area contributed by atoms with Gasteiger partial charge in [0.25, 0.3) is 0 Å². The lowest BCUT2D eigenvalue weighted by atomic mass is 9.96. The number of hydrogen-bond acceptors (Lipinski definition) is 5. The van der Waals surface area contributed by atoms with Gasteiger partial charge in [-0.25, -0.2) is 8.42 Å². The van der Waals surface area contributed by atoms with E-state index in [4.69, 9.17) is 4.74 Å². The molecule has 32 heavy (non-hydrogen) atoms. The van der Waals surface area contributed by atoms with E-state index in [1.165, 1.54) is 29.5 Å². The van der Waals surface area contributed by atoms with Crippen LogP contribution in [0.4, 0.5) is 5.69 Å². The standard InChI is InChI=1S/C23H28BrN3O4S/c1-32(29,30)27-22-12-15(6-9-19(22)24)23(28)14-25-10-11-31-16-7-8-18-17-4-2-3-5-20(17)26-21(18)13-16/h6-9,12-13,23,25-28H,2-5,10-11,14H2,1H3. The maximum atomic E-state index is 11.5. The van der Waals surface area contributed by atoms with Gasteiger partial charge in [-0.05, 0) is 77.0 Å². The fraction of sp³-hybridized carbons (Fsp3) is 0.391. The molecular formula is C23H28BrN3O4S. The third-order valence-corrected chi connectivity index (χ3v) is 6.91. The number of hydrogen-bond donors (Lipinski definition) is 4. The van der Waals surface area contributed by atoms with Crippen molar-refractivity contribution in [1.29, 1.82) is 0 Å². The van der Waals surface area contributed by atoms with Crippen molar-refractivity contribution in [2.75, 3.05) is 30.7 Å². The van der Waals surface area contributed by atoms with Crippen LogP contribution < -0.4 is 14.8 Å². The molecule has 0 fully saturated rings. The van der Waals surface area contributed by atoms with Gasteiger partial charge in [0, 0.05) is 40.2 Å². The van der Waals surface area contributed by atoms with Gasteiger partial charge in [-0.3, -0.25) is 4.72 Å². The number of aryl methyl sites for hydroxylation is 2. The number of halogens is 1. The van der Waals surface area contributed by atoms with Gasteiger partial charge in [0.15, 0.2) is 0 Å². The van der Waals surface area contributed by atoms with Crippen molar-refractivity contribution in [2.45, 2.75) is 31.8 Å². The zero-order valence-electron chi connectivity index (χ0n) is 17.9. The van der Waals surface area contributed by atoms with Gasteiger partial charge in [-0.1, -0.05) is 6.07 Å². The number of aromatic amines is 1. The van der Waals surface area contributed by atoms with Crippen molar-refractivity contribution in [1.82, 2.24) is 10.3 Å². The maximum absolute atomic E-state index is 11.5. The fourth-order valence-electron chi connectivity index (χ4n) is 4.11. The minimum Gasteiger partial charge on any atom is -0.492 e. The summed E-state index contributed by atoms with van der Waals surface area (Å²) in [5.41, 5.74) is 4.97. The SMILES string of the molecule is CS(=O)(=O)Nc1cc(C(O)CNCCOc2ccc3c4c([nH]c3c2)CCCC4)ccc1Br. The number of nitrogens with one attached hydrogen (secondary N) is 3. The Labute approximate surface area is 196 Å². The second-order valence-corrected chi connectivity index (χ2v) is 10.8. The highest BCUT2D eigenvalue weighted by atomic mass is 79.9. The Kier molecular flexibility index (Phi) is 7.09. The molecule has 0 saturated heterocycles. The van der Waals surface area contributed by atoms with Crippen LogP contribution in [-0.2, 0) is 22.9 Å². The molecule has 1 atom stereocenters. The second kappa shape index (κ2) is 9.82. The molecule has 0 radical (unpaired) electrons. The van der Waals surface area contributed by atoms with Crippen molar-refractivity contribution in [2.24, 2.45) is 0 Å². The van der Waals surface area contributed by atoms with Crippen LogP contribution in [0.5, 0.6) is 5.75 Å². The van der Waals surface area contributed by atoms with Crippen LogP contribution in [0.15, 0.2) is 40.9 Å². The highest BCUT2D eigenvalue weighted by Gasteiger charge is 2.16. The number of aliphatic hydroxyl groups excluding tert-OH is 1. The molecule has 0 amide bonds. The highest BCUT2D eigenvalue weighted by Crippen LogP contribution is 2.31. The maximum Gasteiger partial charge on any atom is 0.229 e. The van der Waals surface area contributed by atoms with E-state index in [0.29, 0.717) is 35.4 Å². The summed E-state index contributed by atoms with van der Waals surface area (Å²) in [6.45, 7) is 1.37. The van der Waals surface area contributed by atoms with E-state index >= 15 is 0 Å². The minimum atomic E-state index is -3.40. The first kappa shape index (κ1) is 23.1. The van der Waals surface area contributed by atoms with Crippen molar-refractivity contribution in [3.8, 4) is 5.75 Å². The highest BCUT2D eigenvalue weighted by molar-refractivity contribution is 9.10. The molecule has 0 bridgehead atoms. The Balaban J connectivity index is 1.27. The number of ether oxygens (including phenoxy) is 1. The zero-order chi connectivity index (χ0) is 22.7. The Bertz CT molecular complexity index is 1210. The summed E-state index contributed by atoms with van der Waals surface area (Å²) >= 11 is 3.32. The van der Waals surface area contributed by atoms with Gasteiger partial charge in [-0.2, -0.15) is 0 Å². The van der Waals surface area contributed by atoms with Crippen molar-refractivity contribution in [3.63, 3.8) is 0 Å². The number of aromatic nitrogens is 1. The van der Waals surface area contributed by atoms with Crippen molar-refractivity contribution in [3.05, 3.63) is 57.7 Å². The van der Waals surface area contributed by atoms with Crippen LogP contribution >= 0.6 is 15.9 Å². The van der Waals surface area contributed by atoms with Gasteiger partial charge in [-0.15, -0.1) is 0 Å². The zero-order valence-corrected chi connectivity index (χ0v) is 20.4. The summed E-state index contributed by atoms with van der Waals surface area (Å²) in [4.78, 5) is 3.54. The van der Waals surface area contributed by atoms with Crippen LogP contribution in [-0.4, -0.2) is 44.5 Å². The predicted octanol–water partition coefficient (Wildman–Crippen LogP) is 3.88. The minimum absolute atomic E-state index is 0.325. The molecule has 0 aliphatic heterocycles. The molecule has 1 heterocycles. The Morgan fingerprint density at radius 2 is 2.00 bits per heavy atom. The lowest BCUT2D eigenvalue weighted by Crippen LogP contribution is -2.26. The van der Waals surface area contributed by atoms with Crippen molar-refractivity contribution >= 4 is 42.5 Å². The van der Waals surface area contributed by atoms with E-state index in [-0.39, 0.29) is 0 Å². The Hall–Kier alpha value is -2.07. The molecule has 2 aromatic carbocycles. The van der Waals surface area contributed by atoms with Gasteiger partial charge in [0.05, 0.1) is 18.0 Å². The Morgan fingerprint density at radius 3 is 2.81 bits per heavy atom. The fourth-order valence-corrected chi connectivity index (χ4v) is 5.15. The van der Waals surface area contributed by atoms with E-state index in [9.17, 15) is 13.5 Å². The molecule has 0 saturated carbocycles. The van der Waals surface area contributed by atoms with Gasteiger partial charge >= 0.3 is 0 Å². The van der Waals surface area contributed by atoms with E-state index in [2.05, 4.69) is 43.1 Å². The molecule has 7 nitrogen and oxygen atoms in total. The van der Waals surface area contributed by atoms with E-state index in [1.807, 2.05) is 6.07 Å². The van der Waals surface area contributed by atoms with Gasteiger partial charge in [0.2, 0.25) is 10.0 Å². The summed E-state index contributed by atoms with van der Waals surface area (Å²) in [5.74, 6) is 0.822. The summed E-state index contributed by atoms with van der Waals surface area (Å²) in [6, 6.07) is 11.3. The monoisotopic (exact) mass is 521 g/mol. The molecule has 9 heteroatoms. The second-order valence-electron chi connectivity index (χ2n) is 8.18. The number of sulfonamides is 1. The average molecular weight is 522 g/mol. The lowest BCUT2D eigenvalue weighted by molar-refractivity contribution is 0.172. The number of anilines is 1. The van der Waals surface area contributed by atoms with E-state index in [1.54, 1.807) is 18.2 Å². The lowest BCUT2D eigenvalue weighted by Gasteiger charge is -2.15. The first-order chi connectivity index (χ1) is 15.3. The summed E-state index contributed by atoms with van der Waals surface area (Å²) in [7, 11) is -3.40. The first-order valence-corrected chi connectivity index (χ1v) is 13.4. The topological polar surface area (TPSA) is 103 Å². The van der Waals surface area contributed by atoms with E-state index < -0.39 is 16.1 Å². The predicted molar refractivity (Wildman–Crippen MR) is 131 cm³/mol. The number of rotatable bonds is 9. The van der Waals surface area contributed by atoms with Crippen LogP contribution in [0.3, 0.4) is 0 Å². The van der Waals surface area contributed by atoms with Gasteiger partial charge in [0.1, 0.15) is 12.4 Å². The molecule has 1 aromatic heterocycles. The van der Waals surface area contributed by atoms with Gasteiger partial charge < -0.3 is 20.1 Å². The number of H-pyrrole nitrogens is 1. The average Bonchev–Trinajstić information content (AvgIpc) is 3.11. The summed E-state index contributed by atoms with van der Waals surface area (Å²) in [6.07, 6.45) is 5.08. The summed E-state index contributed by atoms with van der Waals surface area (Å²) in [5, 5.41) is 14.9. The van der Waals surface area contributed by atoms with E-state index in [0.717, 1.165) is 30.4 Å². The largest absolute Gasteiger partial charge is 0.492 e. The molecule has 1 aliphatic rings. The van der Waals surface area contributed by atoms with Crippen LogP contribution in [0, 0.1) is 0 Å². The van der Waals surface area contributed by atoms with Crippen molar-refractivity contribution < 1.29 is 18.3 Å². The van der Waals surface area contributed by atoms with Crippen LogP contribution in [0.1, 0.15) is 35.8 Å². The smallest absolute Gasteiger partial charge is 0.229 e. The third kappa shape index (κ3) is 5.64. The number of benzene rings is 2. The number of aliphatic hydroxyl groups is 1. The molecule has 172 valence electrons. The molecule has 0 spiro atoms.